The fourth-order valence-corrected chi connectivity index (χ4v) is 3.40. The topological polar surface area (TPSA) is 98.1 Å². The zero-order valence-corrected chi connectivity index (χ0v) is 14.8. The van der Waals surface area contributed by atoms with Gasteiger partial charge in [-0.2, -0.15) is 4.98 Å². The lowest BCUT2D eigenvalue weighted by Crippen LogP contribution is -2.32. The van der Waals surface area contributed by atoms with Crippen LogP contribution in [0.25, 0.3) is 11.1 Å². The number of aryl methyl sites for hydroxylation is 1. The zero-order chi connectivity index (χ0) is 19.0. The molecular weight excluding hydrogens is 349 g/mol. The maximum absolute atomic E-state index is 14.6. The van der Waals surface area contributed by atoms with Crippen molar-refractivity contribution >= 4 is 5.91 Å². The molecule has 2 aromatic heterocycles. The van der Waals surface area contributed by atoms with Crippen LogP contribution in [-0.4, -0.2) is 32.5 Å². The first-order chi connectivity index (χ1) is 13.0. The van der Waals surface area contributed by atoms with E-state index in [0.29, 0.717) is 36.5 Å². The van der Waals surface area contributed by atoms with Gasteiger partial charge in [0, 0.05) is 18.7 Å². The van der Waals surface area contributed by atoms with Gasteiger partial charge in [0.05, 0.1) is 12.2 Å². The third kappa shape index (κ3) is 3.43. The Morgan fingerprint density at radius 1 is 1.33 bits per heavy atom. The van der Waals surface area contributed by atoms with Crippen LogP contribution in [0.1, 0.15) is 33.1 Å². The molecule has 3 heterocycles. The van der Waals surface area contributed by atoms with Crippen molar-refractivity contribution in [3.05, 3.63) is 64.8 Å². The second kappa shape index (κ2) is 6.88. The molecule has 1 aliphatic rings. The molecule has 0 unspecified atom stereocenters. The van der Waals surface area contributed by atoms with Crippen LogP contribution in [0.15, 0.2) is 35.2 Å². The highest BCUT2D eigenvalue weighted by Gasteiger charge is 2.25. The summed E-state index contributed by atoms with van der Waals surface area (Å²) >= 11 is 0. The lowest BCUT2D eigenvalue weighted by Gasteiger charge is -2.29. The summed E-state index contributed by atoms with van der Waals surface area (Å²) in [5.74, 6) is -0.385. The molecule has 0 aliphatic carbocycles. The van der Waals surface area contributed by atoms with E-state index in [1.807, 2.05) is 13.0 Å². The average Bonchev–Trinajstić information content (AvgIpc) is 3.13. The second-order valence-electron chi connectivity index (χ2n) is 6.64. The summed E-state index contributed by atoms with van der Waals surface area (Å²) in [5.41, 5.74) is 9.20. The molecule has 4 rings (SSSR count). The van der Waals surface area contributed by atoms with Gasteiger partial charge in [-0.15, -0.1) is 0 Å². The number of hydrogen-bond donors (Lipinski definition) is 1. The van der Waals surface area contributed by atoms with Crippen LogP contribution < -0.4 is 5.73 Å². The molecule has 0 fully saturated rings. The van der Waals surface area contributed by atoms with Crippen LogP contribution in [0.5, 0.6) is 0 Å². The number of benzene rings is 1. The Bertz CT molecular complexity index is 1000. The van der Waals surface area contributed by atoms with Gasteiger partial charge in [0.2, 0.25) is 6.39 Å². The molecule has 3 aromatic rings. The van der Waals surface area contributed by atoms with Gasteiger partial charge in [0.25, 0.3) is 5.91 Å². The Labute approximate surface area is 155 Å². The molecule has 7 nitrogen and oxygen atoms in total. The molecule has 0 radical (unpaired) electrons. The number of aromatic nitrogens is 3. The van der Waals surface area contributed by atoms with E-state index in [-0.39, 0.29) is 11.5 Å². The monoisotopic (exact) mass is 367 g/mol. The summed E-state index contributed by atoms with van der Waals surface area (Å²) in [6.45, 7) is 3.57. The number of carbonyl (C=O) groups excluding carboxylic acids is 1. The predicted octanol–water partition coefficient (Wildman–Crippen LogP) is 2.24. The Kier molecular flexibility index (Phi) is 4.41. The van der Waals surface area contributed by atoms with Crippen LogP contribution in [0.2, 0.25) is 0 Å². The standard InChI is InChI=1S/C19H18FN5O2/c1-11-2-3-12(15(20)6-11)14-7-16(19(21)26)23-17-8-25(5-4-13(14)17)9-18-22-10-27-24-18/h2-3,6-7,10H,4-5,8-9H2,1H3,(H2,21,26). The molecule has 0 bridgehead atoms. The van der Waals surface area contributed by atoms with E-state index >= 15 is 0 Å². The largest absolute Gasteiger partial charge is 0.364 e. The number of hydrogen-bond acceptors (Lipinski definition) is 6. The van der Waals surface area contributed by atoms with Gasteiger partial charge in [-0.25, -0.2) is 9.37 Å². The summed E-state index contributed by atoms with van der Waals surface area (Å²) in [6, 6.07) is 6.65. The Morgan fingerprint density at radius 2 is 2.19 bits per heavy atom. The number of amides is 1. The SMILES string of the molecule is Cc1ccc(-c2cc(C(N)=O)nc3c2CCN(Cc2ncon2)C3)c(F)c1. The van der Waals surface area contributed by atoms with Crippen molar-refractivity contribution < 1.29 is 13.7 Å². The van der Waals surface area contributed by atoms with E-state index in [0.717, 1.165) is 23.4 Å². The van der Waals surface area contributed by atoms with Crippen molar-refractivity contribution in [3.63, 3.8) is 0 Å². The first kappa shape index (κ1) is 17.3. The minimum Gasteiger partial charge on any atom is -0.364 e. The van der Waals surface area contributed by atoms with Crippen LogP contribution in [0.4, 0.5) is 4.39 Å². The van der Waals surface area contributed by atoms with E-state index < -0.39 is 5.91 Å². The summed E-state index contributed by atoms with van der Waals surface area (Å²) in [6.07, 6.45) is 1.96. The quantitative estimate of drug-likeness (QED) is 0.759. The number of primary amides is 1. The van der Waals surface area contributed by atoms with Crippen molar-refractivity contribution in [2.45, 2.75) is 26.4 Å². The number of rotatable bonds is 4. The molecule has 8 heteroatoms. The Hall–Kier alpha value is -3.13. The average molecular weight is 367 g/mol. The van der Waals surface area contributed by atoms with Crippen LogP contribution in [0, 0.1) is 12.7 Å². The Morgan fingerprint density at radius 3 is 2.89 bits per heavy atom. The van der Waals surface area contributed by atoms with E-state index in [1.54, 1.807) is 12.1 Å². The highest BCUT2D eigenvalue weighted by Crippen LogP contribution is 2.32. The van der Waals surface area contributed by atoms with Gasteiger partial charge in [0.1, 0.15) is 11.5 Å². The number of nitrogens with zero attached hydrogens (tertiary/aromatic N) is 4. The maximum atomic E-state index is 14.6. The van der Waals surface area contributed by atoms with Crippen molar-refractivity contribution in [3.8, 4) is 11.1 Å². The summed E-state index contributed by atoms with van der Waals surface area (Å²) in [4.78, 5) is 22.3. The molecule has 1 aliphatic heterocycles. The van der Waals surface area contributed by atoms with Crippen molar-refractivity contribution in [1.29, 1.82) is 0 Å². The minimum absolute atomic E-state index is 0.130. The lowest BCUT2D eigenvalue weighted by atomic mass is 9.92. The van der Waals surface area contributed by atoms with Crippen LogP contribution in [0.3, 0.4) is 0 Å². The number of halogens is 1. The van der Waals surface area contributed by atoms with Gasteiger partial charge in [-0.1, -0.05) is 17.3 Å². The van der Waals surface area contributed by atoms with Crippen molar-refractivity contribution in [2.75, 3.05) is 6.54 Å². The predicted molar refractivity (Wildman–Crippen MR) is 95.0 cm³/mol. The molecule has 0 saturated carbocycles. The zero-order valence-electron chi connectivity index (χ0n) is 14.8. The van der Waals surface area contributed by atoms with E-state index in [9.17, 15) is 9.18 Å². The highest BCUT2D eigenvalue weighted by atomic mass is 19.1. The molecule has 138 valence electrons. The van der Waals surface area contributed by atoms with Gasteiger partial charge in [0.15, 0.2) is 5.82 Å². The number of pyridine rings is 1. The third-order valence-electron chi connectivity index (χ3n) is 4.70. The molecule has 0 atom stereocenters. The molecule has 1 aromatic carbocycles. The van der Waals surface area contributed by atoms with E-state index in [1.165, 1.54) is 12.5 Å². The first-order valence-corrected chi connectivity index (χ1v) is 8.58. The molecule has 1 amide bonds. The van der Waals surface area contributed by atoms with Crippen LogP contribution >= 0.6 is 0 Å². The highest BCUT2D eigenvalue weighted by molar-refractivity contribution is 5.92. The molecule has 0 spiro atoms. The van der Waals surface area contributed by atoms with Gasteiger partial charge < -0.3 is 10.3 Å². The molecule has 2 N–H and O–H groups in total. The van der Waals surface area contributed by atoms with Gasteiger partial charge >= 0.3 is 0 Å². The third-order valence-corrected chi connectivity index (χ3v) is 4.70. The molecule has 27 heavy (non-hydrogen) atoms. The fourth-order valence-electron chi connectivity index (χ4n) is 3.40. The van der Waals surface area contributed by atoms with Crippen molar-refractivity contribution in [2.24, 2.45) is 5.73 Å². The molecular formula is C19H18FN5O2. The smallest absolute Gasteiger partial charge is 0.267 e. The Balaban J connectivity index is 1.75. The van der Waals surface area contributed by atoms with E-state index in [2.05, 4.69) is 20.0 Å². The second-order valence-corrected chi connectivity index (χ2v) is 6.64. The summed E-state index contributed by atoms with van der Waals surface area (Å²) < 4.78 is 19.4. The lowest BCUT2D eigenvalue weighted by molar-refractivity contribution is 0.0994. The maximum Gasteiger partial charge on any atom is 0.267 e. The fraction of sp³-hybridized carbons (Fsp3) is 0.263. The summed E-state index contributed by atoms with van der Waals surface area (Å²) in [7, 11) is 0. The minimum atomic E-state index is -0.637. The molecule has 0 saturated heterocycles. The number of fused-ring (bicyclic) bond motifs is 1. The summed E-state index contributed by atoms with van der Waals surface area (Å²) in [5, 5.41) is 3.83. The van der Waals surface area contributed by atoms with Gasteiger partial charge in [-0.05, 0) is 42.2 Å². The normalized spacial score (nSPS) is 14.1. The van der Waals surface area contributed by atoms with Crippen LogP contribution in [-0.2, 0) is 19.5 Å². The first-order valence-electron chi connectivity index (χ1n) is 8.58. The van der Waals surface area contributed by atoms with E-state index in [4.69, 9.17) is 10.3 Å². The number of carbonyl (C=O) groups is 1. The number of nitrogens with two attached hydrogens (primary N) is 1. The van der Waals surface area contributed by atoms with Crippen molar-refractivity contribution in [1.82, 2.24) is 20.0 Å². The van der Waals surface area contributed by atoms with Gasteiger partial charge in [-0.3, -0.25) is 9.69 Å².